The molecule has 4 N–H and O–H groups in total. The van der Waals surface area contributed by atoms with Gasteiger partial charge in [-0.25, -0.2) is 0 Å². The standard InChI is InChI=1S/C6H13N3O.CH4O3S/c1-10-9-6-4-8-3-5(6)2-7;1-5(2,3)4/h5,8H,2-4,7H2,1H3;1H3,(H,2,3,4)/b9-6+;. The summed E-state index contributed by atoms with van der Waals surface area (Å²) in [6, 6.07) is 0. The summed E-state index contributed by atoms with van der Waals surface area (Å²) in [6.45, 7) is 2.39. The Hall–Kier alpha value is -0.700. The second kappa shape index (κ2) is 6.72. The zero-order valence-corrected chi connectivity index (χ0v) is 9.62. The van der Waals surface area contributed by atoms with Crippen LogP contribution in [-0.4, -0.2) is 51.7 Å². The van der Waals surface area contributed by atoms with Crippen molar-refractivity contribution in [3.63, 3.8) is 0 Å². The summed E-state index contributed by atoms with van der Waals surface area (Å²) in [4.78, 5) is 4.65. The maximum atomic E-state index is 9.19. The molecule has 0 aromatic heterocycles. The van der Waals surface area contributed by atoms with Gasteiger partial charge in [0.25, 0.3) is 10.1 Å². The van der Waals surface area contributed by atoms with Crippen molar-refractivity contribution in [2.45, 2.75) is 0 Å². The molecule has 0 aliphatic carbocycles. The molecule has 1 fully saturated rings. The van der Waals surface area contributed by atoms with Crippen LogP contribution >= 0.6 is 0 Å². The number of hydrogen-bond acceptors (Lipinski definition) is 6. The fourth-order valence-electron chi connectivity index (χ4n) is 1.08. The molecule has 7 nitrogen and oxygen atoms in total. The van der Waals surface area contributed by atoms with Gasteiger partial charge in [0.15, 0.2) is 0 Å². The zero-order chi connectivity index (χ0) is 11.9. The molecule has 0 spiro atoms. The lowest BCUT2D eigenvalue weighted by Crippen LogP contribution is -2.22. The normalized spacial score (nSPS) is 23.5. The summed E-state index contributed by atoms with van der Waals surface area (Å²) in [5.74, 6) is 0.375. The van der Waals surface area contributed by atoms with Crippen molar-refractivity contribution in [3.05, 3.63) is 0 Å². The number of oxime groups is 1. The van der Waals surface area contributed by atoms with Gasteiger partial charge in [0.1, 0.15) is 7.11 Å². The molecule has 8 heteroatoms. The molecule has 0 radical (unpaired) electrons. The highest BCUT2D eigenvalue weighted by molar-refractivity contribution is 7.85. The van der Waals surface area contributed by atoms with E-state index in [1.54, 1.807) is 7.11 Å². The minimum atomic E-state index is -3.67. The molecule has 90 valence electrons. The van der Waals surface area contributed by atoms with E-state index < -0.39 is 10.1 Å². The first-order valence-corrected chi connectivity index (χ1v) is 6.16. The Kier molecular flexibility index (Phi) is 6.41. The molecule has 1 aliphatic rings. The Bertz CT molecular complexity index is 293. The average molecular weight is 239 g/mol. The highest BCUT2D eigenvalue weighted by Gasteiger charge is 2.20. The molecule has 15 heavy (non-hydrogen) atoms. The lowest BCUT2D eigenvalue weighted by Gasteiger charge is -2.03. The zero-order valence-electron chi connectivity index (χ0n) is 8.80. The van der Waals surface area contributed by atoms with Gasteiger partial charge in [-0.3, -0.25) is 4.55 Å². The van der Waals surface area contributed by atoms with Crippen molar-refractivity contribution in [3.8, 4) is 0 Å². The molecule has 1 rings (SSSR count). The van der Waals surface area contributed by atoms with Gasteiger partial charge in [-0.1, -0.05) is 5.16 Å². The van der Waals surface area contributed by atoms with Gasteiger partial charge in [-0.2, -0.15) is 8.42 Å². The van der Waals surface area contributed by atoms with Crippen LogP contribution in [0.5, 0.6) is 0 Å². The second-order valence-corrected chi connectivity index (χ2v) is 4.53. The molecule has 1 unspecified atom stereocenters. The van der Waals surface area contributed by atoms with Crippen molar-refractivity contribution >= 4 is 15.8 Å². The van der Waals surface area contributed by atoms with Crippen LogP contribution in [0.4, 0.5) is 0 Å². The van der Waals surface area contributed by atoms with Crippen molar-refractivity contribution in [1.82, 2.24) is 5.32 Å². The minimum absolute atomic E-state index is 0.375. The molecule has 0 aromatic carbocycles. The molecule has 1 atom stereocenters. The molecule has 0 saturated carbocycles. The molecule has 0 aromatic rings. The van der Waals surface area contributed by atoms with E-state index in [0.29, 0.717) is 18.7 Å². The van der Waals surface area contributed by atoms with Crippen molar-refractivity contribution in [1.29, 1.82) is 0 Å². The molecule has 1 aliphatic heterocycles. The van der Waals surface area contributed by atoms with Gasteiger partial charge in [0.2, 0.25) is 0 Å². The predicted molar refractivity (Wildman–Crippen MR) is 57.3 cm³/mol. The Morgan fingerprint density at radius 1 is 1.73 bits per heavy atom. The number of nitrogens with zero attached hydrogens (tertiary/aromatic N) is 1. The highest BCUT2D eigenvalue weighted by atomic mass is 32.2. The number of nitrogens with two attached hydrogens (primary N) is 1. The summed E-state index contributed by atoms with van der Waals surface area (Å²) in [7, 11) is -2.11. The SMILES string of the molecule is CO/N=C1\CNCC1CN.CS(=O)(=O)O. The highest BCUT2D eigenvalue weighted by Crippen LogP contribution is 2.02. The van der Waals surface area contributed by atoms with E-state index >= 15 is 0 Å². The van der Waals surface area contributed by atoms with E-state index in [-0.39, 0.29) is 0 Å². The van der Waals surface area contributed by atoms with E-state index in [4.69, 9.17) is 10.3 Å². The van der Waals surface area contributed by atoms with Crippen LogP contribution < -0.4 is 11.1 Å². The Morgan fingerprint density at radius 3 is 2.67 bits per heavy atom. The quantitative estimate of drug-likeness (QED) is 0.406. The van der Waals surface area contributed by atoms with Gasteiger partial charge < -0.3 is 15.9 Å². The summed E-state index contributed by atoms with van der Waals surface area (Å²) in [5.41, 5.74) is 6.51. The average Bonchev–Trinajstić information content (AvgIpc) is 2.49. The second-order valence-electron chi connectivity index (χ2n) is 3.06. The topological polar surface area (TPSA) is 114 Å². The molecule has 0 amide bonds. The third-order valence-electron chi connectivity index (χ3n) is 1.66. The number of hydrogen-bond donors (Lipinski definition) is 3. The first kappa shape index (κ1) is 14.3. The lowest BCUT2D eigenvalue weighted by molar-refractivity contribution is 0.211. The molecule has 1 heterocycles. The van der Waals surface area contributed by atoms with Crippen molar-refractivity contribution < 1.29 is 17.8 Å². The summed E-state index contributed by atoms with van der Waals surface area (Å²) in [5, 5.41) is 7.02. The smallest absolute Gasteiger partial charge is 0.261 e. The summed E-state index contributed by atoms with van der Waals surface area (Å²) < 4.78 is 25.9. The number of rotatable bonds is 2. The van der Waals surface area contributed by atoms with E-state index in [1.807, 2.05) is 0 Å². The first-order chi connectivity index (χ1) is 6.88. The fraction of sp³-hybridized carbons (Fsp3) is 0.857. The van der Waals surface area contributed by atoms with Crippen LogP contribution in [0.1, 0.15) is 0 Å². The van der Waals surface area contributed by atoms with Crippen LogP contribution in [-0.2, 0) is 15.0 Å². The van der Waals surface area contributed by atoms with Gasteiger partial charge in [0.05, 0.1) is 12.0 Å². The van der Waals surface area contributed by atoms with E-state index in [1.165, 1.54) is 0 Å². The third kappa shape index (κ3) is 8.30. The van der Waals surface area contributed by atoms with E-state index in [0.717, 1.165) is 18.8 Å². The van der Waals surface area contributed by atoms with Gasteiger partial charge in [-0.15, -0.1) is 0 Å². The Morgan fingerprint density at radius 2 is 2.27 bits per heavy atom. The molecular weight excluding hydrogens is 222 g/mol. The van der Waals surface area contributed by atoms with Crippen molar-refractivity contribution in [2.75, 3.05) is 33.0 Å². The monoisotopic (exact) mass is 239 g/mol. The van der Waals surface area contributed by atoms with Gasteiger partial charge >= 0.3 is 0 Å². The van der Waals surface area contributed by atoms with Gasteiger partial charge in [0, 0.05) is 25.6 Å². The third-order valence-corrected chi connectivity index (χ3v) is 1.66. The van der Waals surface area contributed by atoms with Crippen LogP contribution in [0.2, 0.25) is 0 Å². The van der Waals surface area contributed by atoms with E-state index in [9.17, 15) is 8.42 Å². The van der Waals surface area contributed by atoms with Crippen LogP contribution in [0.25, 0.3) is 0 Å². The predicted octanol–water partition coefficient (Wildman–Crippen LogP) is -1.33. The lowest BCUT2D eigenvalue weighted by atomic mass is 10.1. The summed E-state index contributed by atoms with van der Waals surface area (Å²) >= 11 is 0. The molecule has 0 bridgehead atoms. The molecular formula is C7H17N3O4S. The Labute approximate surface area is 89.4 Å². The van der Waals surface area contributed by atoms with Crippen LogP contribution in [0.3, 0.4) is 0 Å². The van der Waals surface area contributed by atoms with Crippen LogP contribution in [0, 0.1) is 5.92 Å². The Balaban J connectivity index is 0.000000336. The van der Waals surface area contributed by atoms with Gasteiger partial charge in [-0.05, 0) is 0 Å². The van der Waals surface area contributed by atoms with Crippen LogP contribution in [0.15, 0.2) is 5.16 Å². The number of nitrogens with one attached hydrogen (secondary N) is 1. The summed E-state index contributed by atoms with van der Waals surface area (Å²) in [6.07, 6.45) is 0.715. The fourth-order valence-corrected chi connectivity index (χ4v) is 1.08. The maximum absolute atomic E-state index is 9.19. The largest absolute Gasteiger partial charge is 0.399 e. The maximum Gasteiger partial charge on any atom is 0.261 e. The first-order valence-electron chi connectivity index (χ1n) is 4.31. The molecule has 1 saturated heterocycles. The van der Waals surface area contributed by atoms with E-state index in [2.05, 4.69) is 15.3 Å². The minimum Gasteiger partial charge on any atom is -0.399 e. The van der Waals surface area contributed by atoms with Crippen molar-refractivity contribution in [2.24, 2.45) is 16.8 Å².